The van der Waals surface area contributed by atoms with Crippen molar-refractivity contribution in [3.05, 3.63) is 77.9 Å². The molecule has 0 N–H and O–H groups in total. The molecule has 28 heteroatoms. The predicted octanol–water partition coefficient (Wildman–Crippen LogP) is 5.24. The summed E-state index contributed by atoms with van der Waals surface area (Å²) in [7, 11) is -7.62. The molecule has 0 atom stereocenters. The fourth-order valence-corrected chi connectivity index (χ4v) is 16.2. The summed E-state index contributed by atoms with van der Waals surface area (Å²) < 4.78 is 83.3. The molecule has 344 valence electrons. The zero-order valence-electron chi connectivity index (χ0n) is 34.3. The molecular weight excluding hydrogens is 1140 g/mol. The Labute approximate surface area is 381 Å². The Hall–Kier alpha value is -3.41. The molecule has 0 saturated carbocycles. The van der Waals surface area contributed by atoms with E-state index in [1.807, 2.05) is 37.8 Å². The van der Waals surface area contributed by atoms with E-state index in [0.29, 0.717) is 18.4 Å². The van der Waals surface area contributed by atoms with Gasteiger partial charge in [-0.2, -0.15) is 4.79 Å². The van der Waals surface area contributed by atoms with Crippen molar-refractivity contribution in [1.82, 2.24) is 0 Å². The SMILES string of the molecule is CCOC(=O)C=[N+]=[N-].CCOC(=O)COC(=O)c1ccccc1I(OS(C)(=O)=O)C(=[N+]=[N-])C(=O)OCC.COI1OC(=O)c2ccccc21.C[Si](C)(C)OS(C)(=O)=O.ClCCl. The number of rotatable bonds is 15. The molecule has 0 spiro atoms. The van der Waals surface area contributed by atoms with Gasteiger partial charge in [0, 0.05) is 0 Å². The van der Waals surface area contributed by atoms with Gasteiger partial charge in [0.1, 0.15) is 0 Å². The standard InChI is InChI=1S/C16H19IN2O9S.C8H7IO3.C4H6N2O2.C4H12O3SSi.CH2Cl2/c1-4-25-13(20)10-27-15(21)11-8-6-7-9-12(11)17(28-29(3,23)24)14(19-18)16(22)26-5-2;1-11-9-7-5-3-2-4-6(7)8(10)12-9;1-2-8-4(7)3-6-5;1-8(5,6)7-9(2,3)4;2-1-3/h6-9H,4-5,10H2,1-3H3;2-5H,1H3;3H,2H2,1H3;1-4H3;1H2. The minimum Gasteiger partial charge on any atom is -0.316 e. The summed E-state index contributed by atoms with van der Waals surface area (Å²) in [5, 5.41) is 0.194. The summed E-state index contributed by atoms with van der Waals surface area (Å²) in [4.78, 5) is 62.5. The molecule has 21 nitrogen and oxygen atoms in total. The van der Waals surface area contributed by atoms with Crippen molar-refractivity contribution in [3.63, 3.8) is 0 Å². The van der Waals surface area contributed by atoms with Crippen LogP contribution in [-0.2, 0) is 66.1 Å². The molecule has 1 aliphatic rings. The Morgan fingerprint density at radius 1 is 0.852 bits per heavy atom. The van der Waals surface area contributed by atoms with Crippen molar-refractivity contribution in [2.24, 2.45) is 0 Å². The van der Waals surface area contributed by atoms with Crippen molar-refractivity contribution in [3.8, 4) is 0 Å². The van der Waals surface area contributed by atoms with E-state index in [-0.39, 0.29) is 33.7 Å². The number of hydrogen-bond acceptors (Lipinski definition) is 17. The van der Waals surface area contributed by atoms with Crippen LogP contribution < -0.4 is 0 Å². The number of carbonyl (C=O) groups is 5. The zero-order valence-corrected chi connectivity index (χ0v) is 42.7. The molecule has 0 radical (unpaired) electrons. The van der Waals surface area contributed by atoms with Crippen LogP contribution in [0.1, 0.15) is 41.5 Å². The molecule has 0 aromatic heterocycles. The molecular formula is C33H46Cl2I2N4O17S2Si. The van der Waals surface area contributed by atoms with Crippen LogP contribution in [-0.4, -0.2) is 126 Å². The van der Waals surface area contributed by atoms with Crippen LogP contribution >= 0.6 is 64.1 Å². The van der Waals surface area contributed by atoms with Crippen molar-refractivity contribution in [2.75, 3.05) is 51.4 Å². The number of hydrogen-bond donors (Lipinski definition) is 0. The molecule has 0 aliphatic carbocycles. The summed E-state index contributed by atoms with van der Waals surface area (Å²) >= 11 is 3.71. The largest absolute Gasteiger partial charge is 0.316 e. The number of nitrogens with zero attached hydrogens (tertiary/aromatic N) is 4. The third-order valence-electron chi connectivity index (χ3n) is 5.17. The van der Waals surface area contributed by atoms with Crippen LogP contribution in [0.2, 0.25) is 19.6 Å². The number of benzene rings is 2. The third-order valence-corrected chi connectivity index (χ3v) is 18.8. The van der Waals surface area contributed by atoms with Gasteiger partial charge in [-0.25, -0.2) is 13.2 Å². The van der Waals surface area contributed by atoms with Gasteiger partial charge in [0.15, 0.2) is 0 Å². The van der Waals surface area contributed by atoms with Gasteiger partial charge in [0.2, 0.25) is 8.32 Å². The maximum absolute atomic E-state index is 12.4. The zero-order chi connectivity index (χ0) is 47.4. The van der Waals surface area contributed by atoms with Crippen LogP contribution in [0, 0.1) is 7.14 Å². The maximum atomic E-state index is 12.4. The second-order valence-electron chi connectivity index (χ2n) is 11.2. The first kappa shape index (κ1) is 59.7. The van der Waals surface area contributed by atoms with Crippen molar-refractivity contribution >= 4 is 132 Å². The third kappa shape index (κ3) is 27.3. The summed E-state index contributed by atoms with van der Waals surface area (Å²) in [6, 6.07) is 12.9. The van der Waals surface area contributed by atoms with Crippen LogP contribution in [0.4, 0.5) is 0 Å². The molecule has 0 bridgehead atoms. The second kappa shape index (κ2) is 31.4. The normalized spacial score (nSPS) is 12.0. The monoisotopic (exact) mass is 1190 g/mol. The number of carbonyl (C=O) groups excluding carboxylic acids is 5. The van der Waals surface area contributed by atoms with E-state index in [4.69, 9.17) is 50.7 Å². The van der Waals surface area contributed by atoms with E-state index < -0.39 is 104 Å². The van der Waals surface area contributed by atoms with Gasteiger partial charge in [-0.15, -0.1) is 23.2 Å². The van der Waals surface area contributed by atoms with Gasteiger partial charge < -0.3 is 14.1 Å². The Morgan fingerprint density at radius 3 is 1.85 bits per heavy atom. The van der Waals surface area contributed by atoms with Gasteiger partial charge in [0.05, 0.1) is 18.2 Å². The minimum atomic E-state index is -4.11. The van der Waals surface area contributed by atoms with Crippen LogP contribution in [0.5, 0.6) is 0 Å². The smallest absolute Gasteiger partial charge is 0.254 e. The number of ether oxygens (including phenoxy) is 4. The summed E-state index contributed by atoms with van der Waals surface area (Å²) in [5.41, 5.74) is 17.5. The summed E-state index contributed by atoms with van der Waals surface area (Å²) in [6.45, 7) is 9.90. The van der Waals surface area contributed by atoms with Gasteiger partial charge >= 0.3 is 265 Å². The fourth-order valence-electron chi connectivity index (χ4n) is 3.50. The molecule has 0 unspecified atom stereocenters. The molecule has 1 heterocycles. The van der Waals surface area contributed by atoms with E-state index in [9.17, 15) is 46.3 Å². The number of esters is 4. The number of fused-ring (bicyclic) bond motifs is 1. The Bertz CT molecular complexity index is 2100. The van der Waals surface area contributed by atoms with Gasteiger partial charge in [-0.05, 0) is 26.6 Å². The first-order valence-electron chi connectivity index (χ1n) is 16.7. The fraction of sp³-hybridized carbons (Fsp3) is 0.424. The molecule has 3 rings (SSSR count). The van der Waals surface area contributed by atoms with Crippen molar-refractivity contribution < 1.29 is 81.9 Å². The van der Waals surface area contributed by atoms with Crippen molar-refractivity contribution in [2.45, 2.75) is 40.4 Å². The minimum absolute atomic E-state index is 0.00293. The average Bonchev–Trinajstić information content (AvgIpc) is 3.48. The van der Waals surface area contributed by atoms with E-state index in [1.165, 1.54) is 31.2 Å². The molecule has 1 aliphatic heterocycles. The van der Waals surface area contributed by atoms with Crippen LogP contribution in [0.25, 0.3) is 11.1 Å². The van der Waals surface area contributed by atoms with E-state index >= 15 is 0 Å². The first-order valence-corrected chi connectivity index (χ1v) is 30.7. The van der Waals surface area contributed by atoms with Gasteiger partial charge in [-0.1, -0.05) is 0 Å². The van der Waals surface area contributed by atoms with Crippen LogP contribution in [0.3, 0.4) is 0 Å². The molecule has 0 amide bonds. The average molecular weight is 1190 g/mol. The second-order valence-corrected chi connectivity index (χ2v) is 28.3. The van der Waals surface area contributed by atoms with E-state index in [0.717, 1.165) is 16.1 Å². The van der Waals surface area contributed by atoms with Crippen molar-refractivity contribution in [1.29, 1.82) is 0 Å². The number of halogens is 4. The topological polar surface area (TPSA) is 300 Å². The van der Waals surface area contributed by atoms with Crippen LogP contribution in [0.15, 0.2) is 48.5 Å². The molecule has 0 saturated heterocycles. The molecule has 2 aromatic carbocycles. The number of alkyl halides is 2. The Kier molecular flexibility index (Phi) is 30.7. The molecule has 0 fully saturated rings. The predicted molar refractivity (Wildman–Crippen MR) is 241 cm³/mol. The molecule has 61 heavy (non-hydrogen) atoms. The first-order chi connectivity index (χ1) is 28.4. The molecule has 2 aromatic rings. The summed E-state index contributed by atoms with van der Waals surface area (Å²) in [5.74, 6) is -3.70. The summed E-state index contributed by atoms with van der Waals surface area (Å²) in [6.07, 6.45) is 2.52. The van der Waals surface area contributed by atoms with E-state index in [1.54, 1.807) is 27.0 Å². The Morgan fingerprint density at radius 2 is 1.39 bits per heavy atom. The Balaban J connectivity index is 0. The maximum Gasteiger partial charge on any atom is 0.254 e. The van der Waals surface area contributed by atoms with Gasteiger partial charge in [0.25, 0.3) is 10.1 Å². The quantitative estimate of drug-likeness (QED) is 0.0322. The van der Waals surface area contributed by atoms with Gasteiger partial charge in [-0.3, -0.25) is 0 Å². The van der Waals surface area contributed by atoms with E-state index in [2.05, 4.69) is 19.1 Å².